The van der Waals surface area contributed by atoms with Gasteiger partial charge in [0.2, 0.25) is 0 Å². The van der Waals surface area contributed by atoms with Crippen molar-refractivity contribution >= 4 is 11.5 Å². The molecule has 0 bridgehead atoms. The van der Waals surface area contributed by atoms with Crippen LogP contribution in [0.2, 0.25) is 0 Å². The van der Waals surface area contributed by atoms with Crippen molar-refractivity contribution in [3.05, 3.63) is 66.5 Å². The molecule has 4 rings (SSSR count). The highest BCUT2D eigenvalue weighted by atomic mass is 19.1. The van der Waals surface area contributed by atoms with Gasteiger partial charge in [-0.1, -0.05) is 6.07 Å². The molecular weight excluding hydrogens is 349 g/mol. The summed E-state index contributed by atoms with van der Waals surface area (Å²) >= 11 is 0. The summed E-state index contributed by atoms with van der Waals surface area (Å²) in [5.41, 5.74) is 2.51. The molecular formula is C19H16FN5O2. The first-order valence-corrected chi connectivity index (χ1v) is 8.20. The number of nitrogens with one attached hydrogen (secondary N) is 1. The van der Waals surface area contributed by atoms with Crippen LogP contribution in [0.25, 0.3) is 16.8 Å². The highest BCUT2D eigenvalue weighted by Gasteiger charge is 2.13. The van der Waals surface area contributed by atoms with Gasteiger partial charge < -0.3 is 15.2 Å². The Morgan fingerprint density at radius 1 is 1.22 bits per heavy atom. The van der Waals surface area contributed by atoms with Gasteiger partial charge in [0.05, 0.1) is 13.3 Å². The number of halogens is 1. The van der Waals surface area contributed by atoms with E-state index in [9.17, 15) is 9.50 Å². The summed E-state index contributed by atoms with van der Waals surface area (Å²) in [6.07, 6.45) is 4.57. The summed E-state index contributed by atoms with van der Waals surface area (Å²) in [6, 6.07) is 10.0. The molecule has 136 valence electrons. The molecule has 27 heavy (non-hydrogen) atoms. The van der Waals surface area contributed by atoms with E-state index < -0.39 is 0 Å². The van der Waals surface area contributed by atoms with Gasteiger partial charge in [-0.05, 0) is 30.3 Å². The van der Waals surface area contributed by atoms with Crippen LogP contribution in [0.3, 0.4) is 0 Å². The Morgan fingerprint density at radius 2 is 2.11 bits per heavy atom. The molecule has 8 heteroatoms. The van der Waals surface area contributed by atoms with Crippen molar-refractivity contribution in [2.45, 2.75) is 6.54 Å². The predicted octanol–water partition coefficient (Wildman–Crippen LogP) is 3.26. The summed E-state index contributed by atoms with van der Waals surface area (Å²) in [4.78, 5) is 4.00. The maximum absolute atomic E-state index is 14.1. The molecule has 0 saturated heterocycles. The maximum atomic E-state index is 14.1. The number of nitrogens with zero attached hydrogens (tertiary/aromatic N) is 4. The maximum Gasteiger partial charge on any atom is 0.170 e. The zero-order valence-corrected chi connectivity index (χ0v) is 14.4. The molecule has 0 saturated carbocycles. The fourth-order valence-electron chi connectivity index (χ4n) is 2.94. The summed E-state index contributed by atoms with van der Waals surface area (Å²) in [7, 11) is 1.51. The van der Waals surface area contributed by atoms with E-state index >= 15 is 0 Å². The molecule has 3 aromatic heterocycles. The number of fused-ring (bicyclic) bond motifs is 1. The lowest BCUT2D eigenvalue weighted by Gasteiger charge is -2.13. The minimum absolute atomic E-state index is 0.0685. The van der Waals surface area contributed by atoms with Crippen LogP contribution in [0.15, 0.2) is 55.1 Å². The average Bonchev–Trinajstić information content (AvgIpc) is 3.16. The molecule has 0 atom stereocenters. The molecule has 0 fully saturated rings. The summed E-state index contributed by atoms with van der Waals surface area (Å²) in [5.74, 6) is 0.894. The summed E-state index contributed by atoms with van der Waals surface area (Å²) in [6.45, 7) is 0.232. The van der Waals surface area contributed by atoms with Gasteiger partial charge in [0.1, 0.15) is 29.5 Å². The Balaban J connectivity index is 1.69. The van der Waals surface area contributed by atoms with Crippen LogP contribution >= 0.6 is 0 Å². The van der Waals surface area contributed by atoms with Crippen LogP contribution in [0.4, 0.5) is 10.2 Å². The van der Waals surface area contributed by atoms with Gasteiger partial charge in [0, 0.05) is 29.4 Å². The minimum atomic E-state index is -0.343. The largest absolute Gasteiger partial charge is 0.506 e. The molecule has 0 aliphatic rings. The molecule has 0 amide bonds. The number of rotatable bonds is 5. The van der Waals surface area contributed by atoms with Gasteiger partial charge in [-0.2, -0.15) is 0 Å². The number of benzene rings is 1. The predicted molar refractivity (Wildman–Crippen MR) is 98.2 cm³/mol. The van der Waals surface area contributed by atoms with Crippen molar-refractivity contribution in [2.75, 3.05) is 12.4 Å². The molecule has 0 unspecified atom stereocenters. The van der Waals surface area contributed by atoms with Crippen molar-refractivity contribution < 1.29 is 14.2 Å². The standard InChI is InChI=1S/C19H16FN5O2/c1-27-17-4-2-3-16(20)15(17)10-22-18-6-5-14(19-24-23-11-25(18)19)12-7-13(26)9-21-8-12/h2-9,11,22,26H,10H2,1H3. The molecule has 7 nitrogen and oxygen atoms in total. The minimum Gasteiger partial charge on any atom is -0.506 e. The molecule has 2 N–H and O–H groups in total. The van der Waals surface area contributed by atoms with Crippen LogP contribution in [-0.4, -0.2) is 31.8 Å². The van der Waals surface area contributed by atoms with Gasteiger partial charge in [-0.3, -0.25) is 9.38 Å². The SMILES string of the molecule is COc1cccc(F)c1CNc1ccc(-c2cncc(O)c2)c2nncn12. The molecule has 4 aromatic rings. The normalized spacial score (nSPS) is 10.9. The van der Waals surface area contributed by atoms with Gasteiger partial charge in [-0.25, -0.2) is 4.39 Å². The smallest absolute Gasteiger partial charge is 0.170 e. The molecule has 3 heterocycles. The number of aromatic nitrogens is 4. The number of ether oxygens (including phenoxy) is 1. The van der Waals surface area contributed by atoms with Crippen molar-refractivity contribution in [1.82, 2.24) is 19.6 Å². The molecule has 1 aromatic carbocycles. The monoisotopic (exact) mass is 365 g/mol. The van der Waals surface area contributed by atoms with E-state index in [1.807, 2.05) is 12.1 Å². The third-order valence-corrected chi connectivity index (χ3v) is 4.23. The number of aromatic hydroxyl groups is 1. The van der Waals surface area contributed by atoms with E-state index in [4.69, 9.17) is 4.74 Å². The Bertz CT molecular complexity index is 1110. The number of hydrogen-bond acceptors (Lipinski definition) is 6. The fraction of sp³-hybridized carbons (Fsp3) is 0.105. The first-order valence-electron chi connectivity index (χ1n) is 8.20. The number of hydrogen-bond donors (Lipinski definition) is 2. The number of methoxy groups -OCH3 is 1. The molecule has 0 spiro atoms. The highest BCUT2D eigenvalue weighted by Crippen LogP contribution is 2.28. The molecule has 0 radical (unpaired) electrons. The highest BCUT2D eigenvalue weighted by molar-refractivity contribution is 5.79. The number of pyridine rings is 2. The van der Waals surface area contributed by atoms with Crippen molar-refractivity contribution in [3.8, 4) is 22.6 Å². The quantitative estimate of drug-likeness (QED) is 0.565. The van der Waals surface area contributed by atoms with E-state index in [0.29, 0.717) is 22.8 Å². The lowest BCUT2D eigenvalue weighted by molar-refractivity contribution is 0.405. The van der Waals surface area contributed by atoms with Crippen LogP contribution in [0, 0.1) is 5.82 Å². The fourth-order valence-corrected chi connectivity index (χ4v) is 2.94. The number of anilines is 1. The van der Waals surface area contributed by atoms with Crippen LogP contribution < -0.4 is 10.1 Å². The third kappa shape index (κ3) is 3.12. The van der Waals surface area contributed by atoms with E-state index in [0.717, 1.165) is 11.1 Å². The third-order valence-electron chi connectivity index (χ3n) is 4.23. The molecule has 0 aliphatic carbocycles. The first-order chi connectivity index (χ1) is 13.2. The topological polar surface area (TPSA) is 84.6 Å². The molecule has 0 aliphatic heterocycles. The van der Waals surface area contributed by atoms with Gasteiger partial charge in [0.15, 0.2) is 5.65 Å². The Hall–Kier alpha value is -3.68. The zero-order valence-electron chi connectivity index (χ0n) is 14.4. The summed E-state index contributed by atoms with van der Waals surface area (Å²) in [5, 5.41) is 21.0. The average molecular weight is 365 g/mol. The second-order valence-corrected chi connectivity index (χ2v) is 5.86. The second-order valence-electron chi connectivity index (χ2n) is 5.86. The summed E-state index contributed by atoms with van der Waals surface area (Å²) < 4.78 is 21.1. The Labute approximate surface area is 154 Å². The van der Waals surface area contributed by atoms with Gasteiger partial charge in [0.25, 0.3) is 0 Å². The van der Waals surface area contributed by atoms with Crippen LogP contribution in [0.1, 0.15) is 5.56 Å². The second kappa shape index (κ2) is 6.91. The van der Waals surface area contributed by atoms with Crippen molar-refractivity contribution in [2.24, 2.45) is 0 Å². The van der Waals surface area contributed by atoms with Gasteiger partial charge in [-0.15, -0.1) is 10.2 Å². The lowest BCUT2D eigenvalue weighted by atomic mass is 10.1. The Kier molecular flexibility index (Phi) is 4.29. The van der Waals surface area contributed by atoms with E-state index in [1.54, 1.807) is 35.1 Å². The zero-order chi connectivity index (χ0) is 18.8. The lowest BCUT2D eigenvalue weighted by Crippen LogP contribution is -2.07. The van der Waals surface area contributed by atoms with E-state index in [1.165, 1.54) is 19.4 Å². The van der Waals surface area contributed by atoms with Crippen molar-refractivity contribution in [3.63, 3.8) is 0 Å². The van der Waals surface area contributed by atoms with E-state index in [2.05, 4.69) is 20.5 Å². The van der Waals surface area contributed by atoms with Crippen LogP contribution in [0.5, 0.6) is 11.5 Å². The van der Waals surface area contributed by atoms with Crippen LogP contribution in [-0.2, 0) is 6.54 Å². The Morgan fingerprint density at radius 3 is 2.93 bits per heavy atom. The van der Waals surface area contributed by atoms with Gasteiger partial charge >= 0.3 is 0 Å². The van der Waals surface area contributed by atoms with Crippen molar-refractivity contribution in [1.29, 1.82) is 0 Å². The first kappa shape index (κ1) is 16.8. The van der Waals surface area contributed by atoms with E-state index in [-0.39, 0.29) is 18.1 Å².